The average molecular weight is 329 g/mol. The number of sulfonamides is 1. The van der Waals surface area contributed by atoms with Crippen molar-refractivity contribution in [2.24, 2.45) is 0 Å². The van der Waals surface area contributed by atoms with Gasteiger partial charge in [-0.3, -0.25) is 14.7 Å². The highest BCUT2D eigenvalue weighted by Gasteiger charge is 2.16. The van der Waals surface area contributed by atoms with E-state index in [0.717, 1.165) is 0 Å². The fraction of sp³-hybridized carbons (Fsp3) is 0. The smallest absolute Gasteiger partial charge is 0.263 e. The highest BCUT2D eigenvalue weighted by Crippen LogP contribution is 2.21. The zero-order chi connectivity index (χ0) is 13.2. The molecule has 2 aromatic rings. The van der Waals surface area contributed by atoms with E-state index in [1.54, 1.807) is 0 Å². The summed E-state index contributed by atoms with van der Waals surface area (Å²) in [5.74, 6) is 0. The summed E-state index contributed by atoms with van der Waals surface area (Å²) < 4.78 is 27.1. The van der Waals surface area contributed by atoms with Crippen LogP contribution in [0.25, 0.3) is 0 Å². The predicted molar refractivity (Wildman–Crippen MR) is 71.4 cm³/mol. The van der Waals surface area contributed by atoms with E-state index in [4.69, 9.17) is 5.73 Å². The van der Waals surface area contributed by atoms with E-state index in [1.165, 1.54) is 36.9 Å². The van der Waals surface area contributed by atoms with Crippen molar-refractivity contribution in [3.63, 3.8) is 0 Å². The zero-order valence-electron chi connectivity index (χ0n) is 9.04. The number of nitrogens with one attached hydrogen (secondary N) is 1. The Balaban J connectivity index is 2.37. The summed E-state index contributed by atoms with van der Waals surface area (Å²) in [5.41, 5.74) is 6.16. The van der Waals surface area contributed by atoms with Gasteiger partial charge >= 0.3 is 0 Å². The molecule has 0 spiro atoms. The Morgan fingerprint density at radius 3 is 2.67 bits per heavy atom. The maximum Gasteiger partial charge on any atom is 0.263 e. The van der Waals surface area contributed by atoms with Crippen LogP contribution in [0.15, 0.2) is 46.3 Å². The van der Waals surface area contributed by atoms with E-state index >= 15 is 0 Å². The topological polar surface area (TPSA) is 98.0 Å². The molecule has 0 bridgehead atoms. The lowest BCUT2D eigenvalue weighted by molar-refractivity contribution is 0.600. The molecule has 2 heterocycles. The standard InChI is InChI=1S/C10H9BrN4O2S/c11-7-3-8(5-14-4-7)18(16,17)15-10-1-2-13-6-9(10)12/h1-6H,12H2,(H,13,15). The van der Waals surface area contributed by atoms with E-state index in [1.807, 2.05) is 0 Å². The van der Waals surface area contributed by atoms with E-state index < -0.39 is 10.0 Å². The minimum atomic E-state index is -3.71. The minimum Gasteiger partial charge on any atom is -0.396 e. The maximum absolute atomic E-state index is 12.1. The number of hydrogen-bond acceptors (Lipinski definition) is 5. The van der Waals surface area contributed by atoms with Crippen LogP contribution in [0, 0.1) is 0 Å². The normalized spacial score (nSPS) is 11.2. The number of aromatic nitrogens is 2. The van der Waals surface area contributed by atoms with Gasteiger partial charge in [0.2, 0.25) is 0 Å². The first kappa shape index (κ1) is 12.8. The molecule has 2 aromatic heterocycles. The third-order valence-electron chi connectivity index (χ3n) is 2.09. The molecule has 0 unspecified atom stereocenters. The molecule has 0 aliphatic heterocycles. The molecular formula is C10H9BrN4O2S. The lowest BCUT2D eigenvalue weighted by Crippen LogP contribution is -2.14. The number of pyridine rings is 2. The van der Waals surface area contributed by atoms with Gasteiger partial charge in [-0.05, 0) is 28.1 Å². The number of nitrogen functional groups attached to an aromatic ring is 1. The molecule has 6 nitrogen and oxygen atoms in total. The van der Waals surface area contributed by atoms with Gasteiger partial charge in [0, 0.05) is 23.1 Å². The largest absolute Gasteiger partial charge is 0.396 e. The molecular weight excluding hydrogens is 320 g/mol. The number of hydrogen-bond donors (Lipinski definition) is 2. The molecule has 0 radical (unpaired) electrons. The lowest BCUT2D eigenvalue weighted by Gasteiger charge is -2.09. The van der Waals surface area contributed by atoms with E-state index in [9.17, 15) is 8.42 Å². The van der Waals surface area contributed by atoms with Gasteiger partial charge in [-0.25, -0.2) is 8.42 Å². The van der Waals surface area contributed by atoms with Crippen LogP contribution in [-0.2, 0) is 10.0 Å². The Bertz CT molecular complexity index is 675. The first-order chi connectivity index (χ1) is 8.49. The van der Waals surface area contributed by atoms with Gasteiger partial charge in [0.1, 0.15) is 4.90 Å². The van der Waals surface area contributed by atoms with Crippen molar-refractivity contribution in [2.75, 3.05) is 10.5 Å². The Hall–Kier alpha value is -1.67. The summed E-state index contributed by atoms with van der Waals surface area (Å²) >= 11 is 3.17. The number of anilines is 2. The molecule has 0 fully saturated rings. The second kappa shape index (κ2) is 4.91. The SMILES string of the molecule is Nc1cnccc1NS(=O)(=O)c1cncc(Br)c1. The lowest BCUT2D eigenvalue weighted by atomic mass is 10.4. The molecule has 0 saturated carbocycles. The fourth-order valence-electron chi connectivity index (χ4n) is 1.24. The maximum atomic E-state index is 12.1. The number of rotatable bonds is 3. The predicted octanol–water partition coefficient (Wildman–Crippen LogP) is 1.62. The highest BCUT2D eigenvalue weighted by molar-refractivity contribution is 9.10. The molecule has 8 heteroatoms. The summed E-state index contributed by atoms with van der Waals surface area (Å²) in [5, 5.41) is 0. The molecule has 0 aliphatic carbocycles. The third-order valence-corrected chi connectivity index (χ3v) is 3.85. The number of nitrogens with two attached hydrogens (primary N) is 1. The van der Waals surface area contributed by atoms with Crippen molar-refractivity contribution in [3.05, 3.63) is 41.4 Å². The van der Waals surface area contributed by atoms with Gasteiger partial charge in [0.15, 0.2) is 0 Å². The van der Waals surface area contributed by atoms with Crippen LogP contribution in [0.2, 0.25) is 0 Å². The molecule has 0 amide bonds. The van der Waals surface area contributed by atoms with Gasteiger partial charge in [-0.1, -0.05) is 0 Å². The van der Waals surface area contributed by atoms with E-state index in [0.29, 0.717) is 4.47 Å². The number of halogens is 1. The van der Waals surface area contributed by atoms with Crippen LogP contribution in [-0.4, -0.2) is 18.4 Å². The highest BCUT2D eigenvalue weighted by atomic mass is 79.9. The monoisotopic (exact) mass is 328 g/mol. The first-order valence-corrected chi connectivity index (χ1v) is 7.09. The van der Waals surface area contributed by atoms with Crippen molar-refractivity contribution in [1.29, 1.82) is 0 Å². The molecule has 0 aromatic carbocycles. The van der Waals surface area contributed by atoms with E-state index in [2.05, 4.69) is 30.6 Å². The van der Waals surface area contributed by atoms with Crippen LogP contribution in [0.4, 0.5) is 11.4 Å². The quantitative estimate of drug-likeness (QED) is 0.892. The Labute approximate surface area is 112 Å². The fourth-order valence-corrected chi connectivity index (χ4v) is 2.83. The Kier molecular flexibility index (Phi) is 3.48. The van der Waals surface area contributed by atoms with Crippen molar-refractivity contribution in [3.8, 4) is 0 Å². The van der Waals surface area contributed by atoms with Gasteiger partial charge in [-0.2, -0.15) is 0 Å². The second-order valence-corrected chi connectivity index (χ2v) is 6.01. The van der Waals surface area contributed by atoms with Gasteiger partial charge in [0.25, 0.3) is 10.0 Å². The van der Waals surface area contributed by atoms with Crippen molar-refractivity contribution in [2.45, 2.75) is 4.90 Å². The second-order valence-electron chi connectivity index (χ2n) is 3.41. The van der Waals surface area contributed by atoms with Crippen LogP contribution in [0.1, 0.15) is 0 Å². The third kappa shape index (κ3) is 2.77. The Morgan fingerprint density at radius 1 is 1.22 bits per heavy atom. The summed E-state index contributed by atoms with van der Waals surface area (Å²) in [6, 6.07) is 2.94. The van der Waals surface area contributed by atoms with Crippen LogP contribution in [0.3, 0.4) is 0 Å². The molecule has 0 saturated heterocycles. The molecule has 0 atom stereocenters. The van der Waals surface area contributed by atoms with Gasteiger partial charge in [0.05, 0.1) is 17.6 Å². The molecule has 0 aliphatic rings. The zero-order valence-corrected chi connectivity index (χ0v) is 11.4. The minimum absolute atomic E-state index is 0.0492. The van der Waals surface area contributed by atoms with Crippen LogP contribution < -0.4 is 10.5 Å². The van der Waals surface area contributed by atoms with Crippen molar-refractivity contribution < 1.29 is 8.42 Å². The Morgan fingerprint density at radius 2 is 2.00 bits per heavy atom. The summed E-state index contributed by atoms with van der Waals surface area (Å²) in [7, 11) is -3.71. The summed E-state index contributed by atoms with van der Waals surface area (Å²) in [4.78, 5) is 7.64. The van der Waals surface area contributed by atoms with Crippen LogP contribution in [0.5, 0.6) is 0 Å². The van der Waals surface area contributed by atoms with Crippen molar-refractivity contribution in [1.82, 2.24) is 9.97 Å². The number of nitrogens with zero attached hydrogens (tertiary/aromatic N) is 2. The summed E-state index contributed by atoms with van der Waals surface area (Å²) in [6.07, 6.45) is 5.58. The molecule has 2 rings (SSSR count). The molecule has 94 valence electrons. The van der Waals surface area contributed by atoms with Crippen LogP contribution >= 0.6 is 15.9 Å². The van der Waals surface area contributed by atoms with E-state index in [-0.39, 0.29) is 16.3 Å². The van der Waals surface area contributed by atoms with Gasteiger partial charge in [-0.15, -0.1) is 0 Å². The first-order valence-electron chi connectivity index (χ1n) is 4.82. The average Bonchev–Trinajstić information content (AvgIpc) is 2.32. The van der Waals surface area contributed by atoms with Crippen molar-refractivity contribution >= 4 is 37.3 Å². The molecule has 18 heavy (non-hydrogen) atoms. The van der Waals surface area contributed by atoms with Gasteiger partial charge < -0.3 is 5.73 Å². The summed E-state index contributed by atoms with van der Waals surface area (Å²) in [6.45, 7) is 0. The molecule has 3 N–H and O–H groups in total.